The number of benzene rings is 1. The standard InChI is InChI=1S/C12H10BrFN4O2/c1-6-4-7(13)8(14)5-9(6)16-12-10(18(19)20)2-3-11(15)17-12/h2-5H,1H3,(H3,15,16,17). The van der Waals surface area contributed by atoms with Crippen molar-refractivity contribution in [3.8, 4) is 0 Å². The SMILES string of the molecule is Cc1cc(Br)c(F)cc1Nc1nc(N)ccc1[N+](=O)[O-]. The van der Waals surface area contributed by atoms with Crippen molar-refractivity contribution in [2.24, 2.45) is 0 Å². The number of pyridine rings is 1. The van der Waals surface area contributed by atoms with E-state index in [4.69, 9.17) is 5.73 Å². The lowest BCUT2D eigenvalue weighted by Crippen LogP contribution is -2.03. The Morgan fingerprint density at radius 3 is 2.80 bits per heavy atom. The lowest BCUT2D eigenvalue weighted by Gasteiger charge is -2.10. The summed E-state index contributed by atoms with van der Waals surface area (Å²) in [7, 11) is 0. The van der Waals surface area contributed by atoms with E-state index in [0.29, 0.717) is 15.7 Å². The monoisotopic (exact) mass is 340 g/mol. The van der Waals surface area contributed by atoms with Gasteiger partial charge in [0.05, 0.1) is 9.40 Å². The molecule has 0 saturated carbocycles. The molecule has 1 aromatic heterocycles. The molecule has 2 aromatic rings. The van der Waals surface area contributed by atoms with Gasteiger partial charge in [-0.2, -0.15) is 0 Å². The summed E-state index contributed by atoms with van der Waals surface area (Å²) >= 11 is 3.07. The zero-order chi connectivity index (χ0) is 14.9. The maximum atomic E-state index is 13.5. The molecule has 6 nitrogen and oxygen atoms in total. The first kappa shape index (κ1) is 14.2. The Morgan fingerprint density at radius 2 is 2.15 bits per heavy atom. The number of nitrogens with zero attached hydrogens (tertiary/aromatic N) is 2. The van der Waals surface area contributed by atoms with Crippen LogP contribution < -0.4 is 11.1 Å². The van der Waals surface area contributed by atoms with E-state index in [9.17, 15) is 14.5 Å². The van der Waals surface area contributed by atoms with Crippen molar-refractivity contribution in [3.05, 3.63) is 50.2 Å². The predicted octanol–water partition coefficient (Wildman–Crippen LogP) is 3.53. The van der Waals surface area contributed by atoms with Crippen LogP contribution in [-0.4, -0.2) is 9.91 Å². The van der Waals surface area contributed by atoms with Crippen LogP contribution in [0.1, 0.15) is 5.56 Å². The van der Waals surface area contributed by atoms with Crippen LogP contribution in [0.15, 0.2) is 28.7 Å². The molecule has 0 aliphatic heterocycles. The van der Waals surface area contributed by atoms with Gasteiger partial charge in [0, 0.05) is 11.8 Å². The molecule has 1 aromatic carbocycles. The van der Waals surface area contributed by atoms with E-state index in [0.717, 1.165) is 0 Å². The van der Waals surface area contributed by atoms with E-state index in [1.54, 1.807) is 13.0 Å². The second kappa shape index (κ2) is 5.41. The molecule has 0 unspecified atom stereocenters. The number of anilines is 3. The van der Waals surface area contributed by atoms with Crippen molar-refractivity contribution in [1.82, 2.24) is 4.98 Å². The molecule has 0 amide bonds. The number of nitrogens with one attached hydrogen (secondary N) is 1. The summed E-state index contributed by atoms with van der Waals surface area (Å²) < 4.78 is 13.8. The smallest absolute Gasteiger partial charge is 0.311 e. The van der Waals surface area contributed by atoms with Crippen molar-refractivity contribution in [2.45, 2.75) is 6.92 Å². The molecule has 1 heterocycles. The molecule has 0 aliphatic carbocycles. The second-order valence-electron chi connectivity index (χ2n) is 4.07. The summed E-state index contributed by atoms with van der Waals surface area (Å²) in [6.45, 7) is 1.74. The minimum absolute atomic E-state index is 0.0279. The fourth-order valence-corrected chi connectivity index (χ4v) is 2.07. The number of aryl methyl sites for hydroxylation is 1. The van der Waals surface area contributed by atoms with E-state index < -0.39 is 10.7 Å². The molecule has 8 heteroatoms. The van der Waals surface area contributed by atoms with Gasteiger partial charge < -0.3 is 11.1 Å². The zero-order valence-electron chi connectivity index (χ0n) is 10.4. The molecule has 0 atom stereocenters. The average molecular weight is 341 g/mol. The Hall–Kier alpha value is -2.22. The first-order valence-electron chi connectivity index (χ1n) is 5.52. The molecule has 0 saturated heterocycles. The van der Waals surface area contributed by atoms with Gasteiger partial charge in [-0.25, -0.2) is 9.37 Å². The highest BCUT2D eigenvalue weighted by molar-refractivity contribution is 9.10. The Labute approximate surface area is 122 Å². The number of hydrogen-bond acceptors (Lipinski definition) is 5. The van der Waals surface area contributed by atoms with E-state index in [1.807, 2.05) is 0 Å². The Bertz CT molecular complexity index is 693. The minimum Gasteiger partial charge on any atom is -0.384 e. The van der Waals surface area contributed by atoms with Gasteiger partial charge in [-0.1, -0.05) is 0 Å². The van der Waals surface area contributed by atoms with E-state index in [1.165, 1.54) is 18.2 Å². The zero-order valence-corrected chi connectivity index (χ0v) is 11.9. The molecular formula is C12H10BrFN4O2. The number of hydrogen-bond donors (Lipinski definition) is 2. The van der Waals surface area contributed by atoms with Gasteiger partial charge in [0.25, 0.3) is 0 Å². The van der Waals surface area contributed by atoms with Crippen LogP contribution in [0.4, 0.5) is 27.4 Å². The van der Waals surface area contributed by atoms with Crippen LogP contribution in [-0.2, 0) is 0 Å². The normalized spacial score (nSPS) is 10.3. The van der Waals surface area contributed by atoms with Crippen LogP contribution in [0, 0.1) is 22.9 Å². The fourth-order valence-electron chi connectivity index (χ4n) is 1.61. The average Bonchev–Trinajstić information content (AvgIpc) is 2.35. The van der Waals surface area contributed by atoms with Crippen LogP contribution in [0.5, 0.6) is 0 Å². The lowest BCUT2D eigenvalue weighted by atomic mass is 10.2. The first-order chi connectivity index (χ1) is 9.38. The summed E-state index contributed by atoms with van der Waals surface area (Å²) in [5.41, 5.74) is 6.37. The predicted molar refractivity (Wildman–Crippen MR) is 77.4 cm³/mol. The Kier molecular flexibility index (Phi) is 3.84. The third-order valence-electron chi connectivity index (χ3n) is 2.61. The molecule has 0 radical (unpaired) electrons. The van der Waals surface area contributed by atoms with Crippen LogP contribution in [0.3, 0.4) is 0 Å². The van der Waals surface area contributed by atoms with Gasteiger partial charge in [-0.05, 0) is 46.6 Å². The molecular weight excluding hydrogens is 331 g/mol. The van der Waals surface area contributed by atoms with Gasteiger partial charge >= 0.3 is 5.69 Å². The van der Waals surface area contributed by atoms with Gasteiger partial charge in [0.2, 0.25) is 5.82 Å². The first-order valence-corrected chi connectivity index (χ1v) is 6.31. The molecule has 0 bridgehead atoms. The minimum atomic E-state index is -0.584. The van der Waals surface area contributed by atoms with E-state index in [2.05, 4.69) is 26.2 Å². The van der Waals surface area contributed by atoms with E-state index >= 15 is 0 Å². The molecule has 2 rings (SSSR count). The van der Waals surface area contributed by atoms with Crippen molar-refractivity contribution >= 4 is 38.9 Å². The third kappa shape index (κ3) is 2.85. The number of nitrogens with two attached hydrogens (primary N) is 1. The van der Waals surface area contributed by atoms with Crippen LogP contribution in [0.25, 0.3) is 0 Å². The summed E-state index contributed by atoms with van der Waals surface area (Å²) in [6.07, 6.45) is 0. The van der Waals surface area contributed by atoms with Gasteiger partial charge in [-0.15, -0.1) is 0 Å². The third-order valence-corrected chi connectivity index (χ3v) is 3.22. The quantitative estimate of drug-likeness (QED) is 0.658. The summed E-state index contributed by atoms with van der Waals surface area (Å²) in [6, 6.07) is 5.37. The molecule has 3 N–H and O–H groups in total. The largest absolute Gasteiger partial charge is 0.384 e. The van der Waals surface area contributed by atoms with Gasteiger partial charge in [-0.3, -0.25) is 10.1 Å². The molecule has 104 valence electrons. The molecule has 0 spiro atoms. The highest BCUT2D eigenvalue weighted by atomic mass is 79.9. The van der Waals surface area contributed by atoms with E-state index in [-0.39, 0.29) is 17.3 Å². The molecule has 0 aliphatic rings. The maximum Gasteiger partial charge on any atom is 0.311 e. The summed E-state index contributed by atoms with van der Waals surface area (Å²) in [4.78, 5) is 14.2. The summed E-state index contributed by atoms with van der Waals surface area (Å²) in [5.74, 6) is -0.377. The number of aromatic nitrogens is 1. The fraction of sp³-hybridized carbons (Fsp3) is 0.0833. The van der Waals surface area contributed by atoms with Crippen LogP contribution >= 0.6 is 15.9 Å². The van der Waals surface area contributed by atoms with Gasteiger partial charge in [0.1, 0.15) is 11.6 Å². The second-order valence-corrected chi connectivity index (χ2v) is 4.92. The lowest BCUT2D eigenvalue weighted by molar-refractivity contribution is -0.384. The van der Waals surface area contributed by atoms with Crippen LogP contribution in [0.2, 0.25) is 0 Å². The van der Waals surface area contributed by atoms with Crippen molar-refractivity contribution in [1.29, 1.82) is 0 Å². The Morgan fingerprint density at radius 1 is 1.45 bits per heavy atom. The maximum absolute atomic E-state index is 13.5. The molecule has 20 heavy (non-hydrogen) atoms. The number of nitro groups is 1. The topological polar surface area (TPSA) is 94.1 Å². The highest BCUT2D eigenvalue weighted by Crippen LogP contribution is 2.30. The molecule has 0 fully saturated rings. The number of halogens is 2. The Balaban J connectivity index is 2.47. The van der Waals surface area contributed by atoms with Gasteiger partial charge in [0.15, 0.2) is 0 Å². The summed E-state index contributed by atoms with van der Waals surface area (Å²) in [5, 5.41) is 13.7. The highest BCUT2D eigenvalue weighted by Gasteiger charge is 2.17. The number of rotatable bonds is 3. The van der Waals surface area contributed by atoms with Crippen molar-refractivity contribution in [3.63, 3.8) is 0 Å². The van der Waals surface area contributed by atoms with Crippen molar-refractivity contribution < 1.29 is 9.31 Å². The number of nitrogen functional groups attached to an aromatic ring is 1. The van der Waals surface area contributed by atoms with Crippen molar-refractivity contribution in [2.75, 3.05) is 11.1 Å².